The largest absolute Gasteiger partial charge is 0.507 e. The zero-order valence-electron chi connectivity index (χ0n) is 13.4. The summed E-state index contributed by atoms with van der Waals surface area (Å²) < 4.78 is 6.02. The van der Waals surface area contributed by atoms with E-state index in [1.165, 1.54) is 13.3 Å². The van der Waals surface area contributed by atoms with Crippen molar-refractivity contribution < 1.29 is 14.6 Å². The number of carbonyl (C=O) groups is 1. The maximum atomic E-state index is 12.3. The normalized spacial score (nSPS) is 11.0. The number of nitrogens with one attached hydrogen (secondary N) is 1. The maximum Gasteiger partial charge on any atom is 0.275 e. The number of ether oxygens (including phenoxy) is 1. The molecule has 0 saturated heterocycles. The topological polar surface area (TPSA) is 70.9 Å². The van der Waals surface area contributed by atoms with E-state index < -0.39 is 5.91 Å². The molecule has 126 valence electrons. The van der Waals surface area contributed by atoms with Gasteiger partial charge in [-0.15, -0.1) is 0 Å². The van der Waals surface area contributed by atoms with Crippen molar-refractivity contribution in [3.8, 4) is 11.5 Å². The fraction of sp³-hybridized carbons (Fsp3) is 0.0526. The van der Waals surface area contributed by atoms with E-state index in [0.29, 0.717) is 16.9 Å². The van der Waals surface area contributed by atoms with Gasteiger partial charge in [-0.05, 0) is 35.0 Å². The summed E-state index contributed by atoms with van der Waals surface area (Å²) in [6.07, 6.45) is 1.43. The molecule has 0 fully saturated rings. The maximum absolute atomic E-state index is 12.3. The van der Waals surface area contributed by atoms with Crippen LogP contribution in [-0.4, -0.2) is 24.3 Å². The number of phenolic OH excluding ortho intramolecular Hbond substituents is 1. The van der Waals surface area contributed by atoms with Crippen LogP contribution < -0.4 is 10.2 Å². The zero-order valence-corrected chi connectivity index (χ0v) is 14.9. The van der Waals surface area contributed by atoms with Crippen LogP contribution in [0.4, 0.5) is 0 Å². The molecule has 0 aliphatic carbocycles. The molecule has 0 atom stereocenters. The molecule has 0 spiro atoms. The fourth-order valence-electron chi connectivity index (χ4n) is 2.49. The Morgan fingerprint density at radius 2 is 2.00 bits per heavy atom. The van der Waals surface area contributed by atoms with E-state index in [-0.39, 0.29) is 5.75 Å². The number of aromatic hydroxyl groups is 1. The quantitative estimate of drug-likeness (QED) is 0.513. The average molecular weight is 399 g/mol. The lowest BCUT2D eigenvalue weighted by Crippen LogP contribution is -2.18. The number of hydrogen-bond acceptors (Lipinski definition) is 4. The van der Waals surface area contributed by atoms with Crippen LogP contribution in [0.5, 0.6) is 11.5 Å². The number of fused-ring (bicyclic) bond motifs is 1. The summed E-state index contributed by atoms with van der Waals surface area (Å²) in [5, 5.41) is 15.9. The minimum Gasteiger partial charge on any atom is -0.507 e. The molecule has 0 radical (unpaired) electrons. The molecule has 3 aromatic rings. The highest BCUT2D eigenvalue weighted by Crippen LogP contribution is 2.26. The molecule has 0 aliphatic rings. The summed E-state index contributed by atoms with van der Waals surface area (Å²) >= 11 is 3.33. The van der Waals surface area contributed by atoms with Gasteiger partial charge in [-0.1, -0.05) is 46.3 Å². The molecule has 3 aromatic carbocycles. The number of hydrogen-bond donors (Lipinski definition) is 2. The van der Waals surface area contributed by atoms with Crippen molar-refractivity contribution in [3.05, 3.63) is 70.2 Å². The molecular formula is C19H15BrN2O3. The van der Waals surface area contributed by atoms with Gasteiger partial charge in [0.25, 0.3) is 5.91 Å². The van der Waals surface area contributed by atoms with Gasteiger partial charge in [0.1, 0.15) is 11.5 Å². The number of phenols is 1. The Labute approximate surface area is 153 Å². The summed E-state index contributed by atoms with van der Waals surface area (Å²) in [7, 11) is 1.50. The molecule has 2 N–H and O–H groups in total. The van der Waals surface area contributed by atoms with E-state index in [4.69, 9.17) is 4.74 Å². The Bertz CT molecular complexity index is 970. The molecule has 3 rings (SSSR count). The van der Waals surface area contributed by atoms with Gasteiger partial charge in [0, 0.05) is 10.0 Å². The van der Waals surface area contributed by atoms with E-state index >= 15 is 0 Å². The number of rotatable bonds is 4. The number of amides is 1. The van der Waals surface area contributed by atoms with E-state index in [9.17, 15) is 9.90 Å². The monoisotopic (exact) mass is 398 g/mol. The molecule has 0 unspecified atom stereocenters. The van der Waals surface area contributed by atoms with Crippen molar-refractivity contribution in [2.45, 2.75) is 0 Å². The van der Waals surface area contributed by atoms with Gasteiger partial charge >= 0.3 is 0 Å². The van der Waals surface area contributed by atoms with Crippen LogP contribution in [0.2, 0.25) is 0 Å². The van der Waals surface area contributed by atoms with E-state index in [1.807, 2.05) is 30.3 Å². The van der Waals surface area contributed by atoms with Crippen LogP contribution in [0.3, 0.4) is 0 Å². The summed E-state index contributed by atoms with van der Waals surface area (Å²) in [4.78, 5) is 12.3. The van der Waals surface area contributed by atoms with Crippen molar-refractivity contribution in [2.75, 3.05) is 7.11 Å². The van der Waals surface area contributed by atoms with Gasteiger partial charge in [0.2, 0.25) is 0 Å². The Hall–Kier alpha value is -2.86. The first-order chi connectivity index (χ1) is 12.1. The highest BCUT2D eigenvalue weighted by Gasteiger charge is 2.12. The van der Waals surface area contributed by atoms with Crippen LogP contribution >= 0.6 is 15.9 Å². The van der Waals surface area contributed by atoms with Gasteiger partial charge in [-0.25, -0.2) is 5.43 Å². The molecule has 6 heteroatoms. The lowest BCUT2D eigenvalue weighted by molar-refractivity contribution is 0.0952. The number of carbonyl (C=O) groups excluding carboxylic acids is 1. The minimum absolute atomic E-state index is 0.0953. The highest BCUT2D eigenvalue weighted by molar-refractivity contribution is 9.10. The molecule has 5 nitrogen and oxygen atoms in total. The molecule has 0 bridgehead atoms. The summed E-state index contributed by atoms with van der Waals surface area (Å²) in [6, 6.07) is 16.1. The molecule has 0 saturated carbocycles. The molecule has 25 heavy (non-hydrogen) atoms. The first-order valence-corrected chi connectivity index (χ1v) is 8.27. The molecular weight excluding hydrogens is 384 g/mol. The first-order valence-electron chi connectivity index (χ1n) is 7.48. The van der Waals surface area contributed by atoms with Crippen LogP contribution in [-0.2, 0) is 0 Å². The summed E-state index contributed by atoms with van der Waals surface area (Å²) in [5.41, 5.74) is 3.37. The van der Waals surface area contributed by atoms with Crippen LogP contribution in [0, 0.1) is 0 Å². The summed E-state index contributed by atoms with van der Waals surface area (Å²) in [5.74, 6) is 0.133. The van der Waals surface area contributed by atoms with Gasteiger partial charge < -0.3 is 9.84 Å². The molecule has 0 aliphatic heterocycles. The molecule has 1 amide bonds. The van der Waals surface area contributed by atoms with E-state index in [1.54, 1.807) is 24.3 Å². The van der Waals surface area contributed by atoms with Crippen molar-refractivity contribution in [1.29, 1.82) is 0 Å². The number of methoxy groups -OCH3 is 1. The lowest BCUT2D eigenvalue weighted by atomic mass is 10.0. The van der Waals surface area contributed by atoms with Gasteiger partial charge in [-0.2, -0.15) is 5.10 Å². The second-order valence-electron chi connectivity index (χ2n) is 5.26. The SMILES string of the molecule is COc1cc(Br)ccc1C(=O)N/N=C/c1c(O)ccc2ccccc12. The Balaban J connectivity index is 1.85. The van der Waals surface area contributed by atoms with E-state index in [0.717, 1.165) is 15.2 Å². The zero-order chi connectivity index (χ0) is 17.8. The third-order valence-electron chi connectivity index (χ3n) is 3.72. The third kappa shape index (κ3) is 3.64. The fourth-order valence-corrected chi connectivity index (χ4v) is 2.83. The van der Waals surface area contributed by atoms with Crippen molar-refractivity contribution in [3.63, 3.8) is 0 Å². The van der Waals surface area contributed by atoms with Gasteiger partial charge in [-0.3, -0.25) is 4.79 Å². The van der Waals surface area contributed by atoms with Crippen molar-refractivity contribution in [1.82, 2.24) is 5.43 Å². The van der Waals surface area contributed by atoms with Gasteiger partial charge in [0.15, 0.2) is 0 Å². The van der Waals surface area contributed by atoms with Crippen LogP contribution in [0.15, 0.2) is 64.2 Å². The predicted octanol–water partition coefficient (Wildman–Crippen LogP) is 4.08. The third-order valence-corrected chi connectivity index (χ3v) is 4.21. The lowest BCUT2D eigenvalue weighted by Gasteiger charge is -2.08. The Kier molecular flexibility index (Phi) is 5.00. The standard InChI is InChI=1S/C19H15BrN2O3/c1-25-18-10-13(20)7-8-15(18)19(24)22-21-11-16-14-5-3-2-4-12(14)6-9-17(16)23/h2-11,23H,1H3,(H,22,24)/b21-11+. The molecule has 0 aromatic heterocycles. The van der Waals surface area contributed by atoms with Crippen LogP contribution in [0.1, 0.15) is 15.9 Å². The van der Waals surface area contributed by atoms with Crippen molar-refractivity contribution >= 4 is 38.8 Å². The van der Waals surface area contributed by atoms with Crippen LogP contribution in [0.25, 0.3) is 10.8 Å². The van der Waals surface area contributed by atoms with Gasteiger partial charge in [0.05, 0.1) is 18.9 Å². The van der Waals surface area contributed by atoms with Crippen molar-refractivity contribution in [2.24, 2.45) is 5.10 Å². The minimum atomic E-state index is -0.402. The average Bonchev–Trinajstić information content (AvgIpc) is 2.63. The second kappa shape index (κ2) is 7.36. The number of benzene rings is 3. The first kappa shape index (κ1) is 17.0. The number of nitrogens with zero attached hydrogens (tertiary/aromatic N) is 1. The smallest absolute Gasteiger partial charge is 0.275 e. The Morgan fingerprint density at radius 3 is 2.80 bits per heavy atom. The second-order valence-corrected chi connectivity index (χ2v) is 6.18. The number of halogens is 1. The van der Waals surface area contributed by atoms with E-state index in [2.05, 4.69) is 26.5 Å². The highest BCUT2D eigenvalue weighted by atomic mass is 79.9. The summed E-state index contributed by atoms with van der Waals surface area (Å²) in [6.45, 7) is 0. The number of hydrazone groups is 1. The predicted molar refractivity (Wildman–Crippen MR) is 101 cm³/mol. The Morgan fingerprint density at radius 1 is 1.20 bits per heavy atom. The molecule has 0 heterocycles.